The Bertz CT molecular complexity index is 978. The van der Waals surface area contributed by atoms with Gasteiger partial charge in [0.25, 0.3) is 5.91 Å². The van der Waals surface area contributed by atoms with E-state index in [1.54, 1.807) is 24.3 Å². The standard InChI is InChI=1S/C20H17N5O/c1-2-14-7-3-5-9-16(14)24-20-22-12-11-18(25-20)19(26)23-17-10-6-4-8-15(17)13-21/h3-12H,2H2,1H3,(H,23,26)(H,22,24,25). The van der Waals surface area contributed by atoms with Gasteiger partial charge in [-0.3, -0.25) is 4.79 Å². The number of nitrogens with zero attached hydrogens (tertiary/aromatic N) is 3. The summed E-state index contributed by atoms with van der Waals surface area (Å²) in [4.78, 5) is 20.9. The first-order chi connectivity index (χ1) is 12.7. The van der Waals surface area contributed by atoms with Gasteiger partial charge in [0, 0.05) is 11.9 Å². The van der Waals surface area contributed by atoms with Gasteiger partial charge in [-0.1, -0.05) is 37.3 Å². The second kappa shape index (κ2) is 7.90. The molecule has 0 aliphatic rings. The van der Waals surface area contributed by atoms with E-state index in [1.807, 2.05) is 30.3 Å². The molecule has 0 aliphatic carbocycles. The number of carbonyl (C=O) groups excluding carboxylic acids is 1. The fourth-order valence-corrected chi connectivity index (χ4v) is 2.49. The lowest BCUT2D eigenvalue weighted by molar-refractivity contribution is 0.102. The molecule has 0 saturated carbocycles. The number of hydrogen-bond donors (Lipinski definition) is 2. The average molecular weight is 343 g/mol. The van der Waals surface area contributed by atoms with Gasteiger partial charge in [-0.05, 0) is 36.2 Å². The molecule has 0 spiro atoms. The van der Waals surface area contributed by atoms with Crippen LogP contribution in [0.4, 0.5) is 17.3 Å². The van der Waals surface area contributed by atoms with Gasteiger partial charge in [0.05, 0.1) is 11.3 Å². The quantitative estimate of drug-likeness (QED) is 0.733. The molecule has 0 unspecified atom stereocenters. The van der Waals surface area contributed by atoms with E-state index in [4.69, 9.17) is 5.26 Å². The fraction of sp³-hybridized carbons (Fsp3) is 0.100. The summed E-state index contributed by atoms with van der Waals surface area (Å²) < 4.78 is 0. The molecule has 2 aromatic carbocycles. The Morgan fingerprint density at radius 2 is 1.81 bits per heavy atom. The Hall–Kier alpha value is -3.72. The molecule has 1 heterocycles. The largest absolute Gasteiger partial charge is 0.324 e. The van der Waals surface area contributed by atoms with Gasteiger partial charge in [0.1, 0.15) is 11.8 Å². The second-order valence-electron chi connectivity index (χ2n) is 5.51. The first-order valence-electron chi connectivity index (χ1n) is 8.19. The van der Waals surface area contributed by atoms with Crippen LogP contribution in [0.5, 0.6) is 0 Å². The second-order valence-corrected chi connectivity index (χ2v) is 5.51. The van der Waals surface area contributed by atoms with Crippen molar-refractivity contribution >= 4 is 23.2 Å². The van der Waals surface area contributed by atoms with Crippen LogP contribution < -0.4 is 10.6 Å². The summed E-state index contributed by atoms with van der Waals surface area (Å²) in [5.74, 6) is -0.0611. The third kappa shape index (κ3) is 3.84. The van der Waals surface area contributed by atoms with Crippen molar-refractivity contribution in [2.45, 2.75) is 13.3 Å². The molecule has 1 amide bonds. The lowest BCUT2D eigenvalue weighted by atomic mass is 10.1. The SMILES string of the molecule is CCc1ccccc1Nc1nccc(C(=O)Nc2ccccc2C#N)n1. The van der Waals surface area contributed by atoms with Crippen LogP contribution in [0, 0.1) is 11.3 Å². The van der Waals surface area contributed by atoms with Crippen molar-refractivity contribution in [2.24, 2.45) is 0 Å². The first-order valence-corrected chi connectivity index (χ1v) is 8.19. The Morgan fingerprint density at radius 3 is 2.58 bits per heavy atom. The number of hydrogen-bond acceptors (Lipinski definition) is 5. The molecule has 0 bridgehead atoms. The number of aryl methyl sites for hydroxylation is 1. The topological polar surface area (TPSA) is 90.7 Å². The van der Waals surface area contributed by atoms with Crippen LogP contribution in [0.3, 0.4) is 0 Å². The van der Waals surface area contributed by atoms with E-state index in [1.165, 1.54) is 12.3 Å². The summed E-state index contributed by atoms with van der Waals surface area (Å²) in [6.45, 7) is 2.07. The molecule has 0 fully saturated rings. The number of amides is 1. The monoisotopic (exact) mass is 343 g/mol. The van der Waals surface area contributed by atoms with Crippen molar-refractivity contribution < 1.29 is 4.79 Å². The number of nitrogens with one attached hydrogen (secondary N) is 2. The Morgan fingerprint density at radius 1 is 1.08 bits per heavy atom. The molecule has 3 aromatic rings. The average Bonchev–Trinajstić information content (AvgIpc) is 2.69. The van der Waals surface area contributed by atoms with E-state index in [0.717, 1.165) is 17.7 Å². The van der Waals surface area contributed by atoms with Crippen LogP contribution >= 0.6 is 0 Å². The van der Waals surface area contributed by atoms with Crippen molar-refractivity contribution in [1.82, 2.24) is 9.97 Å². The maximum atomic E-state index is 12.5. The lowest BCUT2D eigenvalue weighted by Gasteiger charge is -2.10. The zero-order valence-corrected chi connectivity index (χ0v) is 14.2. The highest BCUT2D eigenvalue weighted by atomic mass is 16.1. The first kappa shape index (κ1) is 17.1. The van der Waals surface area contributed by atoms with Crippen LogP contribution in [0.2, 0.25) is 0 Å². The zero-order valence-electron chi connectivity index (χ0n) is 14.2. The molecule has 1 aromatic heterocycles. The molecule has 3 rings (SSSR count). The smallest absolute Gasteiger partial charge is 0.274 e. The van der Waals surface area contributed by atoms with E-state index < -0.39 is 5.91 Å². The highest BCUT2D eigenvalue weighted by molar-refractivity contribution is 6.03. The predicted molar refractivity (Wildman–Crippen MR) is 100 cm³/mol. The number of nitriles is 1. The highest BCUT2D eigenvalue weighted by Gasteiger charge is 2.12. The van der Waals surface area contributed by atoms with E-state index in [2.05, 4.69) is 27.5 Å². The van der Waals surface area contributed by atoms with Crippen molar-refractivity contribution in [3.05, 3.63) is 77.6 Å². The normalized spacial score (nSPS) is 10.0. The predicted octanol–water partition coefficient (Wildman–Crippen LogP) is 3.91. The molecule has 6 nitrogen and oxygen atoms in total. The number of carbonyl (C=O) groups is 1. The van der Waals surface area contributed by atoms with Crippen LogP contribution in [0.1, 0.15) is 28.5 Å². The minimum absolute atomic E-state index is 0.212. The Labute approximate surface area is 151 Å². The number of rotatable bonds is 5. The molecule has 0 radical (unpaired) electrons. The van der Waals surface area contributed by atoms with E-state index in [-0.39, 0.29) is 5.69 Å². The van der Waals surface area contributed by atoms with Crippen molar-refractivity contribution in [3.8, 4) is 6.07 Å². The maximum absolute atomic E-state index is 12.5. The van der Waals surface area contributed by atoms with Gasteiger partial charge in [-0.15, -0.1) is 0 Å². The van der Waals surface area contributed by atoms with Gasteiger partial charge in [-0.2, -0.15) is 5.26 Å². The van der Waals surface area contributed by atoms with Gasteiger partial charge >= 0.3 is 0 Å². The summed E-state index contributed by atoms with van der Waals surface area (Å²) in [5, 5.41) is 15.0. The van der Waals surface area contributed by atoms with Crippen LogP contribution in [-0.4, -0.2) is 15.9 Å². The molecule has 26 heavy (non-hydrogen) atoms. The molecular formula is C20H17N5O. The molecule has 0 atom stereocenters. The highest BCUT2D eigenvalue weighted by Crippen LogP contribution is 2.19. The Balaban J connectivity index is 1.81. The summed E-state index contributed by atoms with van der Waals surface area (Å²) in [7, 11) is 0. The number of para-hydroxylation sites is 2. The zero-order chi connectivity index (χ0) is 18.4. The number of aromatic nitrogens is 2. The number of anilines is 3. The molecule has 0 aliphatic heterocycles. The van der Waals surface area contributed by atoms with Gasteiger partial charge in [0.2, 0.25) is 5.95 Å². The maximum Gasteiger partial charge on any atom is 0.274 e. The fourth-order valence-electron chi connectivity index (χ4n) is 2.49. The number of benzene rings is 2. The summed E-state index contributed by atoms with van der Waals surface area (Å²) in [6.07, 6.45) is 2.39. The third-order valence-corrected chi connectivity index (χ3v) is 3.83. The molecule has 128 valence electrons. The van der Waals surface area contributed by atoms with Crippen molar-refractivity contribution in [2.75, 3.05) is 10.6 Å². The molecule has 0 saturated heterocycles. The van der Waals surface area contributed by atoms with Crippen LogP contribution in [-0.2, 0) is 6.42 Å². The minimum atomic E-state index is -0.401. The lowest BCUT2D eigenvalue weighted by Crippen LogP contribution is -2.15. The summed E-state index contributed by atoms with van der Waals surface area (Å²) in [5.41, 5.74) is 3.09. The van der Waals surface area contributed by atoms with E-state index in [9.17, 15) is 4.79 Å². The van der Waals surface area contributed by atoms with Crippen molar-refractivity contribution in [3.63, 3.8) is 0 Å². The van der Waals surface area contributed by atoms with Crippen LogP contribution in [0.15, 0.2) is 60.8 Å². The van der Waals surface area contributed by atoms with Crippen molar-refractivity contribution in [1.29, 1.82) is 5.26 Å². The van der Waals surface area contributed by atoms with E-state index >= 15 is 0 Å². The van der Waals surface area contributed by atoms with E-state index in [0.29, 0.717) is 17.2 Å². The Kier molecular flexibility index (Phi) is 5.20. The summed E-state index contributed by atoms with van der Waals surface area (Å²) in [6, 6.07) is 18.3. The van der Waals surface area contributed by atoms with Crippen LogP contribution in [0.25, 0.3) is 0 Å². The molecule has 6 heteroatoms. The minimum Gasteiger partial charge on any atom is -0.324 e. The molecular weight excluding hydrogens is 326 g/mol. The van der Waals surface area contributed by atoms with Gasteiger partial charge in [0.15, 0.2) is 0 Å². The van der Waals surface area contributed by atoms with Gasteiger partial charge in [-0.25, -0.2) is 9.97 Å². The molecule has 2 N–H and O–H groups in total. The van der Waals surface area contributed by atoms with Gasteiger partial charge < -0.3 is 10.6 Å². The summed E-state index contributed by atoms with van der Waals surface area (Å²) >= 11 is 0. The third-order valence-electron chi connectivity index (χ3n) is 3.83.